The van der Waals surface area contributed by atoms with Gasteiger partial charge in [-0.05, 0) is 12.8 Å². The zero-order valence-corrected chi connectivity index (χ0v) is 5.89. The first-order valence-electron chi connectivity index (χ1n) is 3.59. The van der Waals surface area contributed by atoms with E-state index >= 15 is 0 Å². The minimum atomic E-state index is -0.403. The van der Waals surface area contributed by atoms with Crippen LogP contribution in [0.25, 0.3) is 0 Å². The molecule has 1 aliphatic carbocycles. The van der Waals surface area contributed by atoms with E-state index in [9.17, 15) is 9.59 Å². The SMILES string of the molecule is O=C1NC(=O)C2CCC=C2N1. The van der Waals surface area contributed by atoms with Crippen LogP contribution in [-0.2, 0) is 4.79 Å². The monoisotopic (exact) mass is 152 g/mol. The molecule has 1 aliphatic heterocycles. The number of amides is 3. The van der Waals surface area contributed by atoms with Gasteiger partial charge in [0.1, 0.15) is 0 Å². The summed E-state index contributed by atoms with van der Waals surface area (Å²) in [6, 6.07) is -0.403. The number of hydrogen-bond donors (Lipinski definition) is 2. The number of nitrogens with one attached hydrogen (secondary N) is 2. The maximum atomic E-state index is 11.1. The van der Waals surface area contributed by atoms with Gasteiger partial charge in [0.05, 0.1) is 5.92 Å². The van der Waals surface area contributed by atoms with Crippen molar-refractivity contribution in [2.75, 3.05) is 0 Å². The van der Waals surface area contributed by atoms with Crippen molar-refractivity contribution in [2.45, 2.75) is 12.8 Å². The average Bonchev–Trinajstić information content (AvgIpc) is 2.34. The fraction of sp³-hybridized carbons (Fsp3) is 0.429. The summed E-state index contributed by atoms with van der Waals surface area (Å²) in [6.45, 7) is 0. The normalized spacial score (nSPS) is 28.7. The highest BCUT2D eigenvalue weighted by atomic mass is 16.2. The molecule has 0 bridgehead atoms. The summed E-state index contributed by atoms with van der Waals surface area (Å²) in [5.41, 5.74) is 0.777. The van der Waals surface area contributed by atoms with Gasteiger partial charge in [-0.2, -0.15) is 0 Å². The van der Waals surface area contributed by atoms with Gasteiger partial charge in [-0.3, -0.25) is 10.1 Å². The van der Waals surface area contributed by atoms with Gasteiger partial charge in [0, 0.05) is 5.70 Å². The number of allylic oxidation sites excluding steroid dienone is 1. The molecule has 1 saturated heterocycles. The Balaban J connectivity index is 2.26. The number of carbonyl (C=O) groups is 2. The largest absolute Gasteiger partial charge is 0.325 e. The van der Waals surface area contributed by atoms with Crippen LogP contribution >= 0.6 is 0 Å². The second kappa shape index (κ2) is 2.08. The summed E-state index contributed by atoms with van der Waals surface area (Å²) in [7, 11) is 0. The van der Waals surface area contributed by atoms with Gasteiger partial charge in [0.25, 0.3) is 0 Å². The molecule has 58 valence electrons. The molecule has 11 heavy (non-hydrogen) atoms. The van der Waals surface area contributed by atoms with Gasteiger partial charge in [-0.25, -0.2) is 4.79 Å². The van der Waals surface area contributed by atoms with Crippen LogP contribution in [0.15, 0.2) is 11.8 Å². The molecule has 0 saturated carbocycles. The zero-order chi connectivity index (χ0) is 7.84. The molecule has 4 nitrogen and oxygen atoms in total. The fourth-order valence-corrected chi connectivity index (χ4v) is 1.48. The van der Waals surface area contributed by atoms with Crippen molar-refractivity contribution in [3.8, 4) is 0 Å². The van der Waals surface area contributed by atoms with Crippen LogP contribution in [0.2, 0.25) is 0 Å². The van der Waals surface area contributed by atoms with Gasteiger partial charge in [-0.1, -0.05) is 6.08 Å². The first kappa shape index (κ1) is 6.39. The summed E-state index contributed by atoms with van der Waals surface area (Å²) in [5, 5.41) is 4.82. The van der Waals surface area contributed by atoms with E-state index in [1.165, 1.54) is 0 Å². The van der Waals surface area contributed by atoms with E-state index < -0.39 is 6.03 Å². The molecule has 0 aromatic carbocycles. The topological polar surface area (TPSA) is 58.2 Å². The van der Waals surface area contributed by atoms with Gasteiger partial charge in [-0.15, -0.1) is 0 Å². The zero-order valence-electron chi connectivity index (χ0n) is 5.89. The third kappa shape index (κ3) is 0.906. The predicted octanol–water partition coefficient (Wildman–Crippen LogP) is 0.120. The van der Waals surface area contributed by atoms with Gasteiger partial charge < -0.3 is 5.32 Å². The van der Waals surface area contributed by atoms with Gasteiger partial charge in [0.2, 0.25) is 5.91 Å². The van der Waals surface area contributed by atoms with Crippen LogP contribution in [0.4, 0.5) is 4.79 Å². The Morgan fingerprint density at radius 1 is 1.36 bits per heavy atom. The quantitative estimate of drug-likeness (QED) is 0.518. The van der Waals surface area contributed by atoms with Crippen molar-refractivity contribution in [1.82, 2.24) is 10.6 Å². The van der Waals surface area contributed by atoms with E-state index in [2.05, 4.69) is 10.6 Å². The number of urea groups is 1. The van der Waals surface area contributed by atoms with E-state index in [-0.39, 0.29) is 11.8 Å². The molecule has 1 heterocycles. The van der Waals surface area contributed by atoms with Crippen LogP contribution < -0.4 is 10.6 Å². The Morgan fingerprint density at radius 3 is 3.00 bits per heavy atom. The Labute approximate surface area is 63.7 Å². The number of imide groups is 1. The molecule has 1 atom stereocenters. The van der Waals surface area contributed by atoms with Crippen LogP contribution in [0.3, 0.4) is 0 Å². The fourth-order valence-electron chi connectivity index (χ4n) is 1.48. The highest BCUT2D eigenvalue weighted by Crippen LogP contribution is 2.25. The Bertz CT molecular complexity index is 257. The van der Waals surface area contributed by atoms with E-state index in [1.807, 2.05) is 6.08 Å². The third-order valence-corrected chi connectivity index (χ3v) is 2.01. The lowest BCUT2D eigenvalue weighted by molar-refractivity contribution is -0.123. The molecule has 2 N–H and O–H groups in total. The van der Waals surface area contributed by atoms with E-state index in [1.54, 1.807) is 0 Å². The molecule has 2 rings (SSSR count). The molecule has 3 amide bonds. The molecule has 0 spiro atoms. The van der Waals surface area contributed by atoms with Crippen molar-refractivity contribution in [2.24, 2.45) is 5.92 Å². The maximum absolute atomic E-state index is 11.1. The van der Waals surface area contributed by atoms with Gasteiger partial charge in [0.15, 0.2) is 0 Å². The number of fused-ring (bicyclic) bond motifs is 1. The first-order chi connectivity index (χ1) is 5.27. The smallest absolute Gasteiger partial charge is 0.311 e. The van der Waals surface area contributed by atoms with Crippen molar-refractivity contribution >= 4 is 11.9 Å². The first-order valence-corrected chi connectivity index (χ1v) is 3.59. The summed E-state index contributed by atoms with van der Waals surface area (Å²) in [6.07, 6.45) is 3.61. The van der Waals surface area contributed by atoms with Crippen molar-refractivity contribution < 1.29 is 9.59 Å². The molecule has 0 radical (unpaired) electrons. The predicted molar refractivity (Wildman–Crippen MR) is 37.5 cm³/mol. The average molecular weight is 152 g/mol. The molecule has 2 aliphatic rings. The minimum absolute atomic E-state index is 0.104. The van der Waals surface area contributed by atoms with Crippen LogP contribution in [-0.4, -0.2) is 11.9 Å². The van der Waals surface area contributed by atoms with E-state index in [4.69, 9.17) is 0 Å². The maximum Gasteiger partial charge on any atom is 0.325 e. The number of rotatable bonds is 0. The lowest BCUT2D eigenvalue weighted by Gasteiger charge is -2.20. The summed E-state index contributed by atoms with van der Waals surface area (Å²) in [5.74, 6) is -0.273. The highest BCUT2D eigenvalue weighted by Gasteiger charge is 2.32. The van der Waals surface area contributed by atoms with Gasteiger partial charge >= 0.3 is 6.03 Å². The second-order valence-electron chi connectivity index (χ2n) is 2.73. The highest BCUT2D eigenvalue weighted by molar-refractivity contribution is 6.00. The Morgan fingerprint density at radius 2 is 2.18 bits per heavy atom. The Kier molecular flexibility index (Phi) is 1.21. The molecule has 4 heteroatoms. The number of hydrogen-bond acceptors (Lipinski definition) is 2. The van der Waals surface area contributed by atoms with Crippen LogP contribution in [0.5, 0.6) is 0 Å². The molecule has 1 unspecified atom stereocenters. The molecule has 0 aromatic rings. The molecule has 1 fully saturated rings. The molecular formula is C7H8N2O2. The standard InChI is InChI=1S/C7H8N2O2/c10-6-4-2-1-3-5(4)8-7(11)9-6/h3-4H,1-2H2,(H2,8,9,10,11). The molecular weight excluding hydrogens is 144 g/mol. The van der Waals surface area contributed by atoms with Crippen LogP contribution in [0.1, 0.15) is 12.8 Å². The third-order valence-electron chi connectivity index (χ3n) is 2.01. The summed E-state index contributed by atoms with van der Waals surface area (Å²) < 4.78 is 0. The van der Waals surface area contributed by atoms with E-state index in [0.717, 1.165) is 18.5 Å². The van der Waals surface area contributed by atoms with Crippen LogP contribution in [0, 0.1) is 5.92 Å². The van der Waals surface area contributed by atoms with Crippen molar-refractivity contribution in [3.05, 3.63) is 11.8 Å². The molecule has 0 aromatic heterocycles. The lowest BCUT2D eigenvalue weighted by Crippen LogP contribution is -2.49. The lowest BCUT2D eigenvalue weighted by atomic mass is 10.0. The van der Waals surface area contributed by atoms with E-state index in [0.29, 0.717) is 0 Å². The number of carbonyl (C=O) groups excluding carboxylic acids is 2. The Hall–Kier alpha value is -1.32. The second-order valence-corrected chi connectivity index (χ2v) is 2.73. The van der Waals surface area contributed by atoms with Crippen molar-refractivity contribution in [3.63, 3.8) is 0 Å². The summed E-state index contributed by atoms with van der Waals surface area (Å²) >= 11 is 0. The minimum Gasteiger partial charge on any atom is -0.311 e. The summed E-state index contributed by atoms with van der Waals surface area (Å²) in [4.78, 5) is 21.8. The van der Waals surface area contributed by atoms with Crippen molar-refractivity contribution in [1.29, 1.82) is 0 Å².